The summed E-state index contributed by atoms with van der Waals surface area (Å²) >= 11 is 0. The first-order chi connectivity index (χ1) is 17.9. The first-order valence-corrected chi connectivity index (χ1v) is 16.4. The van der Waals surface area contributed by atoms with Gasteiger partial charge < -0.3 is 15.3 Å². The molecule has 0 aliphatic rings. The Hall–Kier alpha value is -0.200. The summed E-state index contributed by atoms with van der Waals surface area (Å²) in [5, 5.41) is 31.3. The Kier molecular flexibility index (Phi) is 27.2. The van der Waals surface area contributed by atoms with Crippen LogP contribution in [0.25, 0.3) is 0 Å². The zero-order valence-electron chi connectivity index (χ0n) is 25.6. The van der Waals surface area contributed by atoms with E-state index in [1.165, 1.54) is 89.9 Å². The Bertz CT molecular complexity index is 450. The smallest absolute Gasteiger partial charge is 0.0667 e. The summed E-state index contributed by atoms with van der Waals surface area (Å²) in [6.07, 6.45) is 22.5. The van der Waals surface area contributed by atoms with Crippen LogP contribution in [-0.2, 0) is 0 Å². The number of rotatable bonds is 29. The molecular weight excluding hydrogens is 460 g/mol. The third-order valence-corrected chi connectivity index (χ3v) is 7.51. The molecule has 0 saturated heterocycles. The molecule has 0 aromatic heterocycles. The molecule has 5 nitrogen and oxygen atoms in total. The molecule has 0 aromatic carbocycles. The van der Waals surface area contributed by atoms with Gasteiger partial charge in [0, 0.05) is 32.7 Å². The maximum Gasteiger partial charge on any atom is 0.0667 e. The van der Waals surface area contributed by atoms with Crippen LogP contribution >= 0.6 is 0 Å². The number of aliphatic hydroxyl groups excluding tert-OH is 3. The molecule has 3 atom stereocenters. The number of unbranched alkanes of at least 4 members (excludes halogenated alkanes) is 14. The Morgan fingerprint density at radius 2 is 0.811 bits per heavy atom. The van der Waals surface area contributed by atoms with Gasteiger partial charge in [0.1, 0.15) is 0 Å². The van der Waals surface area contributed by atoms with Crippen molar-refractivity contribution >= 4 is 0 Å². The van der Waals surface area contributed by atoms with Gasteiger partial charge in [-0.1, -0.05) is 124 Å². The van der Waals surface area contributed by atoms with Crippen LogP contribution in [0, 0.1) is 0 Å². The van der Waals surface area contributed by atoms with E-state index in [9.17, 15) is 15.3 Å². The summed E-state index contributed by atoms with van der Waals surface area (Å²) in [5.41, 5.74) is 0. The fourth-order valence-corrected chi connectivity index (χ4v) is 5.33. The molecule has 0 aliphatic heterocycles. The lowest BCUT2D eigenvalue weighted by atomic mass is 10.1. The zero-order valence-corrected chi connectivity index (χ0v) is 25.6. The van der Waals surface area contributed by atoms with Gasteiger partial charge in [0.2, 0.25) is 0 Å². The van der Waals surface area contributed by atoms with Crippen LogP contribution in [0.1, 0.15) is 150 Å². The molecule has 0 fully saturated rings. The molecule has 3 unspecified atom stereocenters. The van der Waals surface area contributed by atoms with Crippen molar-refractivity contribution in [3.05, 3.63) is 0 Å². The van der Waals surface area contributed by atoms with E-state index in [1.807, 2.05) is 6.92 Å². The average molecular weight is 529 g/mol. The molecule has 37 heavy (non-hydrogen) atoms. The summed E-state index contributed by atoms with van der Waals surface area (Å²) in [5.74, 6) is 0. The maximum absolute atomic E-state index is 10.6. The highest BCUT2D eigenvalue weighted by atomic mass is 16.3. The van der Waals surface area contributed by atoms with Gasteiger partial charge in [-0.25, -0.2) is 0 Å². The second kappa shape index (κ2) is 27.4. The summed E-state index contributed by atoms with van der Waals surface area (Å²) in [6, 6.07) is 0. The number of hydrogen-bond acceptors (Lipinski definition) is 5. The summed E-state index contributed by atoms with van der Waals surface area (Å²) in [7, 11) is 0. The summed E-state index contributed by atoms with van der Waals surface area (Å²) < 4.78 is 0. The van der Waals surface area contributed by atoms with Gasteiger partial charge in [0.05, 0.1) is 18.3 Å². The largest absolute Gasteiger partial charge is 0.392 e. The highest BCUT2D eigenvalue weighted by molar-refractivity contribution is 4.72. The quantitative estimate of drug-likeness (QED) is 0.0898. The molecule has 0 rings (SSSR count). The van der Waals surface area contributed by atoms with E-state index in [-0.39, 0.29) is 12.2 Å². The fraction of sp³-hybridized carbons (Fsp3) is 1.00. The van der Waals surface area contributed by atoms with Crippen LogP contribution < -0.4 is 0 Å². The molecule has 0 aromatic rings. The van der Waals surface area contributed by atoms with Crippen LogP contribution in [-0.4, -0.2) is 82.7 Å². The lowest BCUT2D eigenvalue weighted by Gasteiger charge is -2.30. The van der Waals surface area contributed by atoms with E-state index in [1.54, 1.807) is 0 Å². The first kappa shape index (κ1) is 36.8. The molecule has 0 spiro atoms. The molecule has 0 saturated carbocycles. The molecule has 3 N–H and O–H groups in total. The van der Waals surface area contributed by atoms with Gasteiger partial charge in [-0.3, -0.25) is 9.80 Å². The minimum Gasteiger partial charge on any atom is -0.392 e. The highest BCUT2D eigenvalue weighted by Gasteiger charge is 2.17. The van der Waals surface area contributed by atoms with Crippen molar-refractivity contribution in [2.45, 2.75) is 168 Å². The molecule has 0 bridgehead atoms. The number of aliphatic hydroxyl groups is 3. The number of nitrogens with zero attached hydrogens (tertiary/aromatic N) is 2. The van der Waals surface area contributed by atoms with E-state index in [0.717, 1.165) is 58.3 Å². The summed E-state index contributed by atoms with van der Waals surface area (Å²) in [4.78, 5) is 4.59. The molecule has 5 heteroatoms. The van der Waals surface area contributed by atoms with E-state index in [4.69, 9.17) is 0 Å². The summed E-state index contributed by atoms with van der Waals surface area (Å²) in [6.45, 7) is 13.2. The minimum absolute atomic E-state index is 0.260. The third-order valence-electron chi connectivity index (χ3n) is 7.51. The Balaban J connectivity index is 4.25. The van der Waals surface area contributed by atoms with Crippen molar-refractivity contribution in [1.82, 2.24) is 9.80 Å². The zero-order chi connectivity index (χ0) is 27.6. The average Bonchev–Trinajstić information content (AvgIpc) is 2.85. The van der Waals surface area contributed by atoms with Crippen LogP contribution in [0.15, 0.2) is 0 Å². The van der Waals surface area contributed by atoms with E-state index >= 15 is 0 Å². The predicted molar refractivity (Wildman–Crippen MR) is 161 cm³/mol. The van der Waals surface area contributed by atoms with Gasteiger partial charge >= 0.3 is 0 Å². The van der Waals surface area contributed by atoms with Gasteiger partial charge in [-0.15, -0.1) is 0 Å². The highest BCUT2D eigenvalue weighted by Crippen LogP contribution is 2.13. The van der Waals surface area contributed by atoms with E-state index in [2.05, 4.69) is 30.6 Å². The second-order valence-corrected chi connectivity index (χ2v) is 11.7. The Labute approximate surface area is 232 Å². The van der Waals surface area contributed by atoms with Crippen LogP contribution in [0.5, 0.6) is 0 Å². The number of hydrogen-bond donors (Lipinski definition) is 3. The second-order valence-electron chi connectivity index (χ2n) is 11.7. The molecular formula is C32H68N2O3. The normalized spacial score (nSPS) is 14.5. The Morgan fingerprint density at radius 3 is 1.22 bits per heavy atom. The monoisotopic (exact) mass is 529 g/mol. The molecule has 0 radical (unpaired) electrons. The molecule has 0 heterocycles. The minimum atomic E-state index is -0.400. The van der Waals surface area contributed by atoms with Crippen LogP contribution in [0.3, 0.4) is 0 Å². The van der Waals surface area contributed by atoms with Crippen molar-refractivity contribution in [1.29, 1.82) is 0 Å². The standard InChI is InChI=1S/C32H68N2O3/c1-5-8-10-12-14-16-18-20-22-31(36)28-33(24-7-3)25-26-34(27-30(4)35)29-32(37)23-21-19-17-15-13-11-9-6-2/h30-32,35-37H,5-29H2,1-4H3. The lowest BCUT2D eigenvalue weighted by Crippen LogP contribution is -2.43. The molecule has 224 valence electrons. The topological polar surface area (TPSA) is 67.2 Å². The van der Waals surface area contributed by atoms with Crippen LogP contribution in [0.4, 0.5) is 0 Å². The van der Waals surface area contributed by atoms with Crippen molar-refractivity contribution in [3.8, 4) is 0 Å². The SMILES string of the molecule is CCCCCCCCCCC(O)CN(CCC)CCN(CC(C)O)CC(O)CCCCCCCCCC. The van der Waals surface area contributed by atoms with Gasteiger partial charge in [0.25, 0.3) is 0 Å². The Morgan fingerprint density at radius 1 is 0.432 bits per heavy atom. The van der Waals surface area contributed by atoms with Crippen molar-refractivity contribution in [3.63, 3.8) is 0 Å². The van der Waals surface area contributed by atoms with Crippen molar-refractivity contribution in [2.75, 3.05) is 39.3 Å². The van der Waals surface area contributed by atoms with Gasteiger partial charge in [0.15, 0.2) is 0 Å². The van der Waals surface area contributed by atoms with Crippen molar-refractivity contribution < 1.29 is 15.3 Å². The van der Waals surface area contributed by atoms with Gasteiger partial charge in [-0.05, 0) is 32.7 Å². The molecule has 0 aliphatic carbocycles. The maximum atomic E-state index is 10.6. The third kappa shape index (κ3) is 25.8. The first-order valence-electron chi connectivity index (χ1n) is 16.4. The van der Waals surface area contributed by atoms with Gasteiger partial charge in [-0.2, -0.15) is 0 Å². The van der Waals surface area contributed by atoms with Crippen molar-refractivity contribution in [2.24, 2.45) is 0 Å². The predicted octanol–water partition coefficient (Wildman–Crippen LogP) is 7.16. The lowest BCUT2D eigenvalue weighted by molar-refractivity contribution is 0.0557. The molecule has 0 amide bonds. The van der Waals surface area contributed by atoms with E-state index in [0.29, 0.717) is 13.1 Å². The van der Waals surface area contributed by atoms with E-state index < -0.39 is 6.10 Å². The fourth-order valence-electron chi connectivity index (χ4n) is 5.33. The van der Waals surface area contributed by atoms with Crippen LogP contribution in [0.2, 0.25) is 0 Å².